The van der Waals surface area contributed by atoms with Crippen molar-refractivity contribution in [2.75, 3.05) is 6.54 Å². The van der Waals surface area contributed by atoms with Gasteiger partial charge in [0.15, 0.2) is 0 Å². The molecule has 2 atom stereocenters. The topological polar surface area (TPSA) is 12.0 Å². The monoisotopic (exact) mass is 221 g/mol. The maximum Gasteiger partial charge on any atom is 0.0432 e. The molecule has 0 amide bonds. The molecule has 0 spiro atoms. The van der Waals surface area contributed by atoms with Gasteiger partial charge in [0.25, 0.3) is 0 Å². The van der Waals surface area contributed by atoms with Crippen LogP contribution in [0.4, 0.5) is 0 Å². The smallest absolute Gasteiger partial charge is 0.0432 e. The summed E-state index contributed by atoms with van der Waals surface area (Å²) >= 11 is 11.3. The Kier molecular flexibility index (Phi) is 5.15. The lowest BCUT2D eigenvalue weighted by atomic mass is 9.86. The lowest BCUT2D eigenvalue weighted by Crippen LogP contribution is -2.37. The number of hydrogen-bond donors (Lipinski definition) is 1. The van der Waals surface area contributed by atoms with Crippen LogP contribution in [0.25, 0.3) is 0 Å². The van der Waals surface area contributed by atoms with E-state index in [-0.39, 0.29) is 0 Å². The van der Waals surface area contributed by atoms with Gasteiger partial charge in [-0.2, -0.15) is 0 Å². The Morgan fingerprint density at radius 2 is 2.15 bits per heavy atom. The summed E-state index contributed by atoms with van der Waals surface area (Å²) < 4.78 is 0. The minimum absolute atomic E-state index is 0.624. The zero-order valence-electron chi connectivity index (χ0n) is 8.02. The SMILES string of the molecule is CC1CCCCC1NCC(Cl)=CCl. The molecule has 1 rings (SSSR count). The molecule has 1 nitrogen and oxygen atoms in total. The molecule has 13 heavy (non-hydrogen) atoms. The van der Waals surface area contributed by atoms with Crippen LogP contribution in [0.2, 0.25) is 0 Å². The molecule has 0 radical (unpaired) electrons. The molecule has 0 bridgehead atoms. The van der Waals surface area contributed by atoms with Gasteiger partial charge >= 0.3 is 0 Å². The van der Waals surface area contributed by atoms with E-state index in [0.29, 0.717) is 17.6 Å². The Hall–Kier alpha value is 0.280. The second-order valence-electron chi connectivity index (χ2n) is 3.81. The van der Waals surface area contributed by atoms with E-state index in [1.807, 2.05) is 0 Å². The van der Waals surface area contributed by atoms with E-state index in [0.717, 1.165) is 5.92 Å². The highest BCUT2D eigenvalue weighted by Crippen LogP contribution is 2.23. The Morgan fingerprint density at radius 1 is 1.46 bits per heavy atom. The van der Waals surface area contributed by atoms with Crippen LogP contribution in [-0.2, 0) is 0 Å². The van der Waals surface area contributed by atoms with Crippen molar-refractivity contribution >= 4 is 23.2 Å². The third-order valence-corrected chi connectivity index (χ3v) is 3.38. The molecule has 1 aliphatic rings. The molecule has 0 aromatic carbocycles. The van der Waals surface area contributed by atoms with Crippen LogP contribution in [0, 0.1) is 5.92 Å². The van der Waals surface area contributed by atoms with Crippen LogP contribution >= 0.6 is 23.2 Å². The fourth-order valence-electron chi connectivity index (χ4n) is 1.89. The summed E-state index contributed by atoms with van der Waals surface area (Å²) in [6.45, 7) is 3.01. The molecule has 0 aromatic rings. The maximum absolute atomic E-state index is 5.80. The van der Waals surface area contributed by atoms with E-state index in [4.69, 9.17) is 23.2 Å². The highest BCUT2D eigenvalue weighted by atomic mass is 35.5. The molecule has 0 heterocycles. The molecular formula is C10H17Cl2N. The van der Waals surface area contributed by atoms with E-state index in [9.17, 15) is 0 Å². The Morgan fingerprint density at radius 3 is 2.77 bits per heavy atom. The third-order valence-electron chi connectivity index (χ3n) is 2.76. The zero-order valence-corrected chi connectivity index (χ0v) is 9.54. The Bertz CT molecular complexity index is 180. The minimum Gasteiger partial charge on any atom is -0.309 e. The van der Waals surface area contributed by atoms with Crippen molar-refractivity contribution in [3.8, 4) is 0 Å². The van der Waals surface area contributed by atoms with E-state index in [1.165, 1.54) is 31.2 Å². The first-order valence-corrected chi connectivity index (χ1v) is 5.73. The average Bonchev–Trinajstić information content (AvgIpc) is 2.16. The first-order chi connectivity index (χ1) is 6.24. The van der Waals surface area contributed by atoms with Crippen LogP contribution in [0.3, 0.4) is 0 Å². The lowest BCUT2D eigenvalue weighted by Gasteiger charge is -2.29. The van der Waals surface area contributed by atoms with Crippen molar-refractivity contribution in [2.24, 2.45) is 5.92 Å². The van der Waals surface area contributed by atoms with E-state index in [2.05, 4.69) is 12.2 Å². The molecule has 76 valence electrons. The summed E-state index contributed by atoms with van der Waals surface area (Å²) in [5.74, 6) is 0.772. The van der Waals surface area contributed by atoms with Gasteiger partial charge in [0, 0.05) is 23.2 Å². The summed E-state index contributed by atoms with van der Waals surface area (Å²) in [7, 11) is 0. The van der Waals surface area contributed by atoms with Crippen molar-refractivity contribution in [1.82, 2.24) is 5.32 Å². The summed E-state index contributed by atoms with van der Waals surface area (Å²) in [5, 5.41) is 4.13. The number of halogens is 2. The van der Waals surface area contributed by atoms with Crippen LogP contribution in [0.15, 0.2) is 10.6 Å². The quantitative estimate of drug-likeness (QED) is 0.770. The van der Waals surface area contributed by atoms with Gasteiger partial charge < -0.3 is 5.32 Å². The molecule has 2 unspecified atom stereocenters. The zero-order chi connectivity index (χ0) is 9.68. The van der Waals surface area contributed by atoms with Crippen molar-refractivity contribution < 1.29 is 0 Å². The highest BCUT2D eigenvalue weighted by molar-refractivity contribution is 6.36. The second kappa shape index (κ2) is 5.90. The molecule has 0 saturated heterocycles. The van der Waals surface area contributed by atoms with Gasteiger partial charge in [0.1, 0.15) is 0 Å². The van der Waals surface area contributed by atoms with Crippen LogP contribution in [0.5, 0.6) is 0 Å². The van der Waals surface area contributed by atoms with Crippen LogP contribution in [-0.4, -0.2) is 12.6 Å². The first kappa shape index (κ1) is 11.4. The fraction of sp³-hybridized carbons (Fsp3) is 0.800. The van der Waals surface area contributed by atoms with E-state index >= 15 is 0 Å². The predicted octanol–water partition coefficient (Wildman–Crippen LogP) is 3.47. The molecule has 1 saturated carbocycles. The lowest BCUT2D eigenvalue weighted by molar-refractivity contribution is 0.287. The first-order valence-electron chi connectivity index (χ1n) is 4.92. The van der Waals surface area contributed by atoms with Gasteiger partial charge in [-0.3, -0.25) is 0 Å². The molecule has 0 aliphatic heterocycles. The summed E-state index contributed by atoms with van der Waals surface area (Å²) in [4.78, 5) is 0. The van der Waals surface area contributed by atoms with Crippen molar-refractivity contribution in [1.29, 1.82) is 0 Å². The van der Waals surface area contributed by atoms with Crippen molar-refractivity contribution in [3.05, 3.63) is 10.6 Å². The third kappa shape index (κ3) is 3.88. The molecule has 3 heteroatoms. The summed E-state index contributed by atoms with van der Waals surface area (Å²) in [5.41, 5.74) is 1.43. The van der Waals surface area contributed by atoms with E-state index < -0.39 is 0 Å². The van der Waals surface area contributed by atoms with Crippen molar-refractivity contribution in [3.63, 3.8) is 0 Å². The standard InChI is InChI=1S/C10H17Cl2N/c1-8-4-2-3-5-10(8)13-7-9(12)6-11/h6,8,10,13H,2-5,7H2,1H3. The Balaban J connectivity index is 2.26. The fourth-order valence-corrected chi connectivity index (χ4v) is 2.04. The van der Waals surface area contributed by atoms with Crippen molar-refractivity contribution in [2.45, 2.75) is 38.6 Å². The van der Waals surface area contributed by atoms with Gasteiger partial charge in [-0.15, -0.1) is 0 Å². The van der Waals surface area contributed by atoms with Gasteiger partial charge in [-0.05, 0) is 18.8 Å². The largest absolute Gasteiger partial charge is 0.309 e. The van der Waals surface area contributed by atoms with Crippen LogP contribution in [0.1, 0.15) is 32.6 Å². The normalized spacial score (nSPS) is 30.5. The minimum atomic E-state index is 0.624. The average molecular weight is 222 g/mol. The highest BCUT2D eigenvalue weighted by Gasteiger charge is 2.20. The molecule has 1 aliphatic carbocycles. The summed E-state index contributed by atoms with van der Waals surface area (Å²) in [6, 6.07) is 0.624. The van der Waals surface area contributed by atoms with Gasteiger partial charge in [0.05, 0.1) is 0 Å². The van der Waals surface area contributed by atoms with E-state index in [1.54, 1.807) is 0 Å². The second-order valence-corrected chi connectivity index (χ2v) is 4.51. The predicted molar refractivity (Wildman–Crippen MR) is 59.2 cm³/mol. The van der Waals surface area contributed by atoms with Gasteiger partial charge in [0.2, 0.25) is 0 Å². The summed E-state index contributed by atoms with van der Waals surface area (Å²) in [6.07, 6.45) is 5.32. The van der Waals surface area contributed by atoms with Gasteiger partial charge in [-0.25, -0.2) is 0 Å². The molecule has 0 aromatic heterocycles. The van der Waals surface area contributed by atoms with Gasteiger partial charge in [-0.1, -0.05) is 43.0 Å². The molecular weight excluding hydrogens is 205 g/mol. The molecule has 1 fully saturated rings. The number of nitrogens with one attached hydrogen (secondary N) is 1. The maximum atomic E-state index is 5.80. The Labute approximate surface area is 90.5 Å². The number of rotatable bonds is 3. The number of hydrogen-bond acceptors (Lipinski definition) is 1. The molecule has 1 N–H and O–H groups in total. The van der Waals surface area contributed by atoms with Crippen LogP contribution < -0.4 is 5.32 Å².